The molecule has 184 valence electrons. The average Bonchev–Trinajstić information content (AvgIpc) is 3.53. The molecule has 2 aromatic heterocycles. The molecular weight excluding hydrogens is 480 g/mol. The predicted octanol–water partition coefficient (Wildman–Crippen LogP) is 6.26. The maximum atomic E-state index is 14.0. The van der Waals surface area contributed by atoms with Gasteiger partial charge in [-0.25, -0.2) is 8.78 Å². The van der Waals surface area contributed by atoms with Crippen molar-refractivity contribution in [2.45, 2.75) is 6.92 Å². The number of aromatic nitrogens is 2. The van der Waals surface area contributed by atoms with Crippen molar-refractivity contribution in [1.29, 1.82) is 0 Å². The number of hydrogen-bond donors (Lipinski definition) is 1. The lowest BCUT2D eigenvalue weighted by Gasteiger charge is -2.10. The van der Waals surface area contributed by atoms with E-state index in [-0.39, 0.29) is 5.88 Å². The van der Waals surface area contributed by atoms with Gasteiger partial charge in [-0.1, -0.05) is 18.2 Å². The lowest BCUT2D eigenvalue weighted by Crippen LogP contribution is -2.11. The zero-order valence-corrected chi connectivity index (χ0v) is 19.4. The molecule has 0 aliphatic carbocycles. The summed E-state index contributed by atoms with van der Waals surface area (Å²) in [6.07, 6.45) is 1.49. The topological polar surface area (TPSA) is 86.4 Å². The van der Waals surface area contributed by atoms with Gasteiger partial charge in [0.2, 0.25) is 5.88 Å². The minimum absolute atomic E-state index is 0.0765. The summed E-state index contributed by atoms with van der Waals surface area (Å²) in [5, 5.41) is 7.34. The Morgan fingerprint density at radius 3 is 2.32 bits per heavy atom. The molecule has 0 bridgehead atoms. The summed E-state index contributed by atoms with van der Waals surface area (Å²) in [5.74, 6) is -1.42. The predicted molar refractivity (Wildman–Crippen MR) is 132 cm³/mol. The third-order valence-electron chi connectivity index (χ3n) is 5.43. The van der Waals surface area contributed by atoms with Gasteiger partial charge in [-0.3, -0.25) is 9.59 Å². The minimum Gasteiger partial charge on any atom is -0.463 e. The highest BCUT2D eigenvalue weighted by Gasteiger charge is 2.26. The molecule has 37 heavy (non-hydrogen) atoms. The number of benzene rings is 3. The Kier molecular flexibility index (Phi) is 6.34. The molecule has 0 unspecified atom stereocenters. The number of esters is 1. The van der Waals surface area contributed by atoms with Gasteiger partial charge in [-0.2, -0.15) is 9.78 Å². The summed E-state index contributed by atoms with van der Waals surface area (Å²) in [5.41, 5.74) is 2.55. The molecule has 0 saturated carbocycles. The van der Waals surface area contributed by atoms with Crippen LogP contribution in [0.3, 0.4) is 0 Å². The molecule has 2 heterocycles. The van der Waals surface area contributed by atoms with Gasteiger partial charge in [-0.05, 0) is 72.3 Å². The first kappa shape index (κ1) is 23.7. The largest absolute Gasteiger partial charge is 0.463 e. The van der Waals surface area contributed by atoms with Crippen LogP contribution in [0.2, 0.25) is 0 Å². The summed E-state index contributed by atoms with van der Waals surface area (Å²) in [6.45, 7) is 1.26. The van der Waals surface area contributed by atoms with Crippen LogP contribution in [0.1, 0.15) is 17.3 Å². The van der Waals surface area contributed by atoms with Crippen LogP contribution in [0, 0.1) is 11.6 Å². The lowest BCUT2D eigenvalue weighted by molar-refractivity contribution is -0.132. The van der Waals surface area contributed by atoms with Crippen molar-refractivity contribution >= 4 is 17.6 Å². The highest BCUT2D eigenvalue weighted by atomic mass is 19.1. The fraction of sp³-hybridized carbons (Fsp3) is 0.0357. The van der Waals surface area contributed by atoms with E-state index in [9.17, 15) is 18.4 Å². The zero-order chi connectivity index (χ0) is 25.9. The first-order valence-corrected chi connectivity index (χ1v) is 11.2. The normalized spacial score (nSPS) is 10.8. The van der Waals surface area contributed by atoms with Gasteiger partial charge in [0.1, 0.15) is 17.3 Å². The number of carbonyl (C=O) groups excluding carboxylic acids is 2. The number of rotatable bonds is 6. The number of nitrogens with zero attached hydrogens (tertiary/aromatic N) is 2. The standard InChI is InChI=1S/C28H19F2N3O4/c1-17(34)37-28-25(18-9-13-22(14-10-18)31-27(35)19-7-11-20(29)12-8-19)26(24-6-3-15-36-24)32-33(28)23-5-2-4-21(30)16-23/h2-16H,1H3,(H,31,35). The fourth-order valence-corrected chi connectivity index (χ4v) is 3.79. The minimum atomic E-state index is -0.590. The zero-order valence-electron chi connectivity index (χ0n) is 19.4. The van der Waals surface area contributed by atoms with Crippen molar-refractivity contribution in [3.63, 3.8) is 0 Å². The molecule has 5 rings (SSSR count). The number of furan rings is 1. The van der Waals surface area contributed by atoms with Gasteiger partial charge in [0.15, 0.2) is 5.76 Å². The van der Waals surface area contributed by atoms with Gasteiger partial charge < -0.3 is 14.5 Å². The number of ether oxygens (including phenoxy) is 1. The van der Waals surface area contributed by atoms with E-state index in [0.717, 1.165) is 0 Å². The molecule has 1 N–H and O–H groups in total. The highest BCUT2D eigenvalue weighted by molar-refractivity contribution is 6.04. The van der Waals surface area contributed by atoms with Crippen molar-refractivity contribution in [2.24, 2.45) is 0 Å². The van der Waals surface area contributed by atoms with E-state index in [1.54, 1.807) is 42.5 Å². The van der Waals surface area contributed by atoms with E-state index < -0.39 is 23.5 Å². The number of nitrogens with one attached hydrogen (secondary N) is 1. The summed E-state index contributed by atoms with van der Waals surface area (Å²) < 4.78 is 39.7. The van der Waals surface area contributed by atoms with Gasteiger partial charge in [0.05, 0.1) is 17.5 Å². The van der Waals surface area contributed by atoms with Gasteiger partial charge in [-0.15, -0.1) is 0 Å². The summed E-state index contributed by atoms with van der Waals surface area (Å²) >= 11 is 0. The first-order chi connectivity index (χ1) is 17.9. The van der Waals surface area contributed by atoms with E-state index >= 15 is 0 Å². The Morgan fingerprint density at radius 1 is 0.919 bits per heavy atom. The van der Waals surface area contributed by atoms with E-state index in [0.29, 0.717) is 39.5 Å². The Labute approximate surface area is 209 Å². The molecule has 0 aliphatic heterocycles. The molecule has 5 aromatic rings. The number of amides is 1. The second kappa shape index (κ2) is 9.90. The van der Waals surface area contributed by atoms with Crippen LogP contribution in [-0.2, 0) is 4.79 Å². The molecule has 1 amide bonds. The Hall–Kier alpha value is -5.05. The lowest BCUT2D eigenvalue weighted by atomic mass is 10.0. The van der Waals surface area contributed by atoms with Crippen molar-refractivity contribution < 1.29 is 27.5 Å². The maximum absolute atomic E-state index is 14.0. The molecule has 3 aromatic carbocycles. The van der Waals surface area contributed by atoms with E-state index in [1.807, 2.05) is 0 Å². The average molecular weight is 499 g/mol. The molecule has 0 aliphatic rings. The highest BCUT2D eigenvalue weighted by Crippen LogP contribution is 2.41. The van der Waals surface area contributed by atoms with Crippen LogP contribution < -0.4 is 10.1 Å². The SMILES string of the molecule is CC(=O)Oc1c(-c2ccc(NC(=O)c3ccc(F)cc3)cc2)c(-c2ccco2)nn1-c1cccc(F)c1. The molecule has 9 heteroatoms. The molecular formula is C28H19F2N3O4. The second-order valence-corrected chi connectivity index (χ2v) is 8.03. The van der Waals surface area contributed by atoms with E-state index in [2.05, 4.69) is 10.4 Å². The maximum Gasteiger partial charge on any atom is 0.309 e. The summed E-state index contributed by atoms with van der Waals surface area (Å²) in [6, 6.07) is 21.1. The number of halogens is 2. The van der Waals surface area contributed by atoms with Gasteiger partial charge in [0.25, 0.3) is 5.91 Å². The number of anilines is 1. The van der Waals surface area contributed by atoms with Crippen molar-refractivity contribution in [3.8, 4) is 34.1 Å². The van der Waals surface area contributed by atoms with Crippen LogP contribution in [0.15, 0.2) is 95.6 Å². The summed E-state index contributed by atoms with van der Waals surface area (Å²) in [4.78, 5) is 24.5. The quantitative estimate of drug-likeness (QED) is 0.279. The van der Waals surface area contributed by atoms with Gasteiger partial charge >= 0.3 is 5.97 Å². The third kappa shape index (κ3) is 5.01. The molecule has 7 nitrogen and oxygen atoms in total. The van der Waals surface area contributed by atoms with E-state index in [4.69, 9.17) is 9.15 Å². The molecule has 0 fully saturated rings. The van der Waals surface area contributed by atoms with Crippen molar-refractivity contribution in [3.05, 3.63) is 108 Å². The third-order valence-corrected chi connectivity index (χ3v) is 5.43. The summed E-state index contributed by atoms with van der Waals surface area (Å²) in [7, 11) is 0. The molecule has 0 radical (unpaired) electrons. The molecule has 0 saturated heterocycles. The van der Waals surface area contributed by atoms with Crippen LogP contribution in [-0.4, -0.2) is 21.7 Å². The van der Waals surface area contributed by atoms with Gasteiger partial charge in [0, 0.05) is 18.2 Å². The van der Waals surface area contributed by atoms with Crippen LogP contribution >= 0.6 is 0 Å². The second-order valence-electron chi connectivity index (χ2n) is 8.03. The smallest absolute Gasteiger partial charge is 0.309 e. The van der Waals surface area contributed by atoms with Crippen LogP contribution in [0.4, 0.5) is 14.5 Å². The molecule has 0 spiro atoms. The van der Waals surface area contributed by atoms with Crippen molar-refractivity contribution in [2.75, 3.05) is 5.32 Å². The number of carbonyl (C=O) groups is 2. The van der Waals surface area contributed by atoms with Crippen LogP contribution in [0.5, 0.6) is 5.88 Å². The monoisotopic (exact) mass is 499 g/mol. The molecule has 0 atom stereocenters. The van der Waals surface area contributed by atoms with Crippen molar-refractivity contribution in [1.82, 2.24) is 9.78 Å². The Bertz CT molecular complexity index is 1580. The van der Waals surface area contributed by atoms with E-state index in [1.165, 1.54) is 60.3 Å². The fourth-order valence-electron chi connectivity index (χ4n) is 3.79. The van der Waals surface area contributed by atoms with Crippen LogP contribution in [0.25, 0.3) is 28.3 Å². The number of hydrogen-bond acceptors (Lipinski definition) is 5. The Morgan fingerprint density at radius 2 is 1.68 bits per heavy atom. The Balaban J connectivity index is 1.57. The first-order valence-electron chi connectivity index (χ1n) is 11.2.